The molecule has 0 bridgehead atoms. The van der Waals surface area contributed by atoms with E-state index in [4.69, 9.17) is 27.5 Å². The molecular weight excluding hydrogens is 426 g/mol. The van der Waals surface area contributed by atoms with E-state index >= 15 is 0 Å². The molecule has 0 saturated carbocycles. The number of halogens is 1. The van der Waals surface area contributed by atoms with E-state index in [2.05, 4.69) is 20.3 Å². The van der Waals surface area contributed by atoms with Gasteiger partial charge in [0, 0.05) is 16.1 Å². The standard InChI is InChI=1S/C23H18ClN7O/c24-16-4-6-18(7-5-16)31-12-17(29-30-31)13-32-19-8-1-14(2-9-19)23-27-20-10-3-15(22(25)26)11-21(20)28-23/h1-12H,13H2,(H3,25,26)(H,27,28). The first kappa shape index (κ1) is 19.8. The summed E-state index contributed by atoms with van der Waals surface area (Å²) >= 11 is 5.93. The van der Waals surface area contributed by atoms with Crippen LogP contribution < -0.4 is 10.5 Å². The summed E-state index contributed by atoms with van der Waals surface area (Å²) in [4.78, 5) is 7.88. The van der Waals surface area contributed by atoms with Gasteiger partial charge in [-0.3, -0.25) is 5.41 Å². The Morgan fingerprint density at radius 1 is 1.06 bits per heavy atom. The molecule has 0 fully saturated rings. The Morgan fingerprint density at radius 3 is 2.59 bits per heavy atom. The minimum absolute atomic E-state index is 0.0257. The molecule has 158 valence electrons. The highest BCUT2D eigenvalue weighted by molar-refractivity contribution is 6.30. The van der Waals surface area contributed by atoms with E-state index in [0.29, 0.717) is 28.6 Å². The number of amidine groups is 1. The molecular formula is C23H18ClN7O. The Kier molecular flexibility index (Phi) is 5.04. The van der Waals surface area contributed by atoms with Crippen molar-refractivity contribution in [1.82, 2.24) is 25.0 Å². The monoisotopic (exact) mass is 443 g/mol. The predicted octanol–water partition coefficient (Wildman–Crippen LogP) is 4.33. The van der Waals surface area contributed by atoms with Gasteiger partial charge < -0.3 is 15.5 Å². The summed E-state index contributed by atoms with van der Waals surface area (Å²) in [5.74, 6) is 1.47. The molecule has 8 nitrogen and oxygen atoms in total. The van der Waals surface area contributed by atoms with Crippen molar-refractivity contribution in [1.29, 1.82) is 5.41 Å². The fourth-order valence-electron chi connectivity index (χ4n) is 3.26. The van der Waals surface area contributed by atoms with Gasteiger partial charge in [-0.05, 0) is 66.7 Å². The zero-order valence-electron chi connectivity index (χ0n) is 16.8. The van der Waals surface area contributed by atoms with Crippen LogP contribution in [0.1, 0.15) is 11.3 Å². The van der Waals surface area contributed by atoms with Crippen LogP contribution in [0.5, 0.6) is 5.75 Å². The second kappa shape index (κ2) is 8.16. The number of fused-ring (bicyclic) bond motifs is 1. The van der Waals surface area contributed by atoms with Crippen molar-refractivity contribution in [3.05, 3.63) is 89.2 Å². The lowest BCUT2D eigenvalue weighted by Gasteiger charge is -2.04. The Morgan fingerprint density at radius 2 is 1.84 bits per heavy atom. The first-order valence-electron chi connectivity index (χ1n) is 9.80. The number of nitrogens with zero attached hydrogens (tertiary/aromatic N) is 4. The molecule has 9 heteroatoms. The van der Waals surface area contributed by atoms with Crippen LogP contribution in [-0.2, 0) is 6.61 Å². The van der Waals surface area contributed by atoms with Crippen LogP contribution in [0.4, 0.5) is 0 Å². The molecule has 0 atom stereocenters. The van der Waals surface area contributed by atoms with Gasteiger partial charge >= 0.3 is 0 Å². The summed E-state index contributed by atoms with van der Waals surface area (Å²) in [6, 6.07) is 20.5. The van der Waals surface area contributed by atoms with Gasteiger partial charge in [-0.15, -0.1) is 5.10 Å². The SMILES string of the molecule is N=C(N)c1ccc2nc(-c3ccc(OCc4cn(-c5ccc(Cl)cc5)nn4)cc3)[nH]c2c1. The quantitative estimate of drug-likeness (QED) is 0.266. The maximum absolute atomic E-state index is 7.57. The van der Waals surface area contributed by atoms with Gasteiger partial charge in [-0.1, -0.05) is 16.8 Å². The van der Waals surface area contributed by atoms with Crippen molar-refractivity contribution in [2.75, 3.05) is 0 Å². The fourth-order valence-corrected chi connectivity index (χ4v) is 3.39. The van der Waals surface area contributed by atoms with Gasteiger partial charge in [0.25, 0.3) is 0 Å². The van der Waals surface area contributed by atoms with Crippen LogP contribution in [0.15, 0.2) is 72.9 Å². The number of aromatic nitrogens is 5. The summed E-state index contributed by atoms with van der Waals surface area (Å²) in [6.07, 6.45) is 1.82. The molecule has 0 aliphatic rings. The fraction of sp³-hybridized carbons (Fsp3) is 0.0435. The zero-order valence-corrected chi connectivity index (χ0v) is 17.5. The van der Waals surface area contributed by atoms with E-state index in [9.17, 15) is 0 Å². The third kappa shape index (κ3) is 4.03. The van der Waals surface area contributed by atoms with Crippen LogP contribution >= 0.6 is 11.6 Å². The molecule has 0 amide bonds. The number of hydrogen-bond acceptors (Lipinski definition) is 5. The minimum atomic E-state index is 0.0257. The molecule has 0 saturated heterocycles. The number of imidazole rings is 1. The van der Waals surface area contributed by atoms with Gasteiger partial charge in [0.05, 0.1) is 22.9 Å². The third-order valence-corrected chi connectivity index (χ3v) is 5.19. The minimum Gasteiger partial charge on any atom is -0.487 e. The van der Waals surface area contributed by atoms with Crippen molar-refractivity contribution in [2.24, 2.45) is 5.73 Å². The highest BCUT2D eigenvalue weighted by Crippen LogP contribution is 2.24. The van der Waals surface area contributed by atoms with E-state index in [-0.39, 0.29) is 5.84 Å². The van der Waals surface area contributed by atoms with Crippen molar-refractivity contribution in [2.45, 2.75) is 6.61 Å². The summed E-state index contributed by atoms with van der Waals surface area (Å²) in [5, 5.41) is 16.5. The van der Waals surface area contributed by atoms with Crippen LogP contribution in [0.3, 0.4) is 0 Å². The number of nitrogens with two attached hydrogens (primary N) is 1. The van der Waals surface area contributed by atoms with E-state index in [0.717, 1.165) is 28.1 Å². The van der Waals surface area contributed by atoms with Crippen LogP contribution in [0.25, 0.3) is 28.1 Å². The maximum Gasteiger partial charge on any atom is 0.138 e. The molecule has 2 heterocycles. The number of ether oxygens (including phenoxy) is 1. The van der Waals surface area contributed by atoms with E-state index in [1.807, 2.05) is 54.7 Å². The Bertz CT molecular complexity index is 1400. The lowest BCUT2D eigenvalue weighted by molar-refractivity contribution is 0.301. The van der Waals surface area contributed by atoms with Crippen LogP contribution in [-0.4, -0.2) is 30.8 Å². The molecule has 0 aliphatic heterocycles. The van der Waals surface area contributed by atoms with Crippen LogP contribution in [0, 0.1) is 5.41 Å². The molecule has 0 aliphatic carbocycles. The molecule has 0 unspecified atom stereocenters. The molecule has 5 rings (SSSR count). The van der Waals surface area contributed by atoms with Crippen molar-refractivity contribution in [3.63, 3.8) is 0 Å². The third-order valence-electron chi connectivity index (χ3n) is 4.94. The summed E-state index contributed by atoms with van der Waals surface area (Å²) in [5.41, 5.74) is 10.4. The van der Waals surface area contributed by atoms with E-state index < -0.39 is 0 Å². The Labute approximate surface area is 188 Å². The molecule has 0 radical (unpaired) electrons. The van der Waals surface area contributed by atoms with Crippen LogP contribution in [0.2, 0.25) is 5.02 Å². The Hall–Kier alpha value is -4.17. The van der Waals surface area contributed by atoms with Gasteiger partial charge in [0.15, 0.2) is 0 Å². The average molecular weight is 444 g/mol. The van der Waals surface area contributed by atoms with Gasteiger partial charge in [-0.25, -0.2) is 9.67 Å². The molecule has 2 aromatic heterocycles. The lowest BCUT2D eigenvalue weighted by atomic mass is 10.2. The van der Waals surface area contributed by atoms with Gasteiger partial charge in [-0.2, -0.15) is 0 Å². The van der Waals surface area contributed by atoms with Crippen molar-refractivity contribution < 1.29 is 4.74 Å². The zero-order chi connectivity index (χ0) is 22.1. The first-order chi connectivity index (χ1) is 15.5. The van der Waals surface area contributed by atoms with E-state index in [1.165, 1.54) is 0 Å². The molecule has 5 aromatic rings. The number of hydrogen-bond donors (Lipinski definition) is 3. The summed E-state index contributed by atoms with van der Waals surface area (Å²) in [6.45, 7) is 0.297. The largest absolute Gasteiger partial charge is 0.487 e. The number of aromatic amines is 1. The molecule has 3 aromatic carbocycles. The number of rotatable bonds is 6. The number of nitrogens with one attached hydrogen (secondary N) is 2. The highest BCUT2D eigenvalue weighted by Gasteiger charge is 2.08. The number of H-pyrrole nitrogens is 1. The van der Waals surface area contributed by atoms with Crippen molar-refractivity contribution >= 4 is 28.5 Å². The lowest BCUT2D eigenvalue weighted by Crippen LogP contribution is -2.10. The summed E-state index contributed by atoms with van der Waals surface area (Å²) in [7, 11) is 0. The highest BCUT2D eigenvalue weighted by atomic mass is 35.5. The second-order valence-electron chi connectivity index (χ2n) is 7.17. The smallest absolute Gasteiger partial charge is 0.138 e. The van der Waals surface area contributed by atoms with E-state index in [1.54, 1.807) is 22.9 Å². The summed E-state index contributed by atoms with van der Waals surface area (Å²) < 4.78 is 7.53. The topological polar surface area (TPSA) is 118 Å². The maximum atomic E-state index is 7.57. The van der Waals surface area contributed by atoms with Gasteiger partial charge in [0.2, 0.25) is 0 Å². The first-order valence-corrected chi connectivity index (χ1v) is 10.2. The Balaban J connectivity index is 1.27. The number of benzene rings is 3. The molecule has 0 spiro atoms. The number of nitrogen functional groups attached to an aromatic ring is 1. The second-order valence-corrected chi connectivity index (χ2v) is 7.61. The van der Waals surface area contributed by atoms with Gasteiger partial charge in [0.1, 0.15) is 29.7 Å². The molecule has 4 N–H and O–H groups in total. The normalized spacial score (nSPS) is 11.0. The van der Waals surface area contributed by atoms with Crippen molar-refractivity contribution in [3.8, 4) is 22.8 Å². The average Bonchev–Trinajstić information content (AvgIpc) is 3.45. The molecule has 32 heavy (non-hydrogen) atoms. The predicted molar refractivity (Wildman–Crippen MR) is 123 cm³/mol.